The molecule has 5 heteroatoms. The smallest absolute Gasteiger partial charge is 0.261 e. The molecule has 4 nitrogen and oxygen atoms in total. The topological polar surface area (TPSA) is 36.9 Å². The molecule has 2 aromatic carbocycles. The van der Waals surface area contributed by atoms with Crippen molar-refractivity contribution < 1.29 is 18.6 Å². The van der Waals surface area contributed by atoms with Crippen LogP contribution in [0.3, 0.4) is 0 Å². The van der Waals surface area contributed by atoms with E-state index in [1.807, 2.05) is 0 Å². The zero-order valence-electron chi connectivity index (χ0n) is 17.0. The fourth-order valence-corrected chi connectivity index (χ4v) is 9.32. The molecule has 1 saturated heterocycles. The molecule has 1 heterocycles. The number of benzene rings is 2. The quantitative estimate of drug-likeness (QED) is 0.740. The number of hydrogen-bond acceptors (Lipinski definition) is 4. The van der Waals surface area contributed by atoms with Crippen molar-refractivity contribution in [1.29, 1.82) is 0 Å². The van der Waals surface area contributed by atoms with Gasteiger partial charge in [-0.05, 0) is 15.4 Å². The third-order valence-electron chi connectivity index (χ3n) is 5.90. The van der Waals surface area contributed by atoms with Gasteiger partial charge in [0, 0.05) is 12.8 Å². The van der Waals surface area contributed by atoms with Crippen LogP contribution in [-0.4, -0.2) is 40.2 Å². The number of fused-ring (bicyclic) bond motifs is 1. The molecule has 0 spiro atoms. The summed E-state index contributed by atoms with van der Waals surface area (Å²) in [6, 6.07) is 21.6. The van der Waals surface area contributed by atoms with Crippen molar-refractivity contribution >= 4 is 18.7 Å². The number of ether oxygens (including phenoxy) is 3. The molecule has 1 aliphatic carbocycles. The number of hydrogen-bond donors (Lipinski definition) is 0. The molecule has 2 unspecified atom stereocenters. The van der Waals surface area contributed by atoms with Gasteiger partial charge in [-0.1, -0.05) is 81.4 Å². The summed E-state index contributed by atoms with van der Waals surface area (Å²) >= 11 is 0. The molecule has 0 N–H and O–H groups in total. The van der Waals surface area contributed by atoms with Gasteiger partial charge >= 0.3 is 0 Å². The molecule has 0 amide bonds. The second kappa shape index (κ2) is 8.09. The van der Waals surface area contributed by atoms with E-state index in [9.17, 15) is 0 Å². The average molecular weight is 399 g/mol. The summed E-state index contributed by atoms with van der Waals surface area (Å²) in [5.74, 6) is 0. The molecular formula is C23H30O4Si. The number of rotatable bonds is 4. The molecule has 2 aromatic rings. The molecule has 2 fully saturated rings. The zero-order chi connectivity index (χ0) is 19.6. The monoisotopic (exact) mass is 398 g/mol. The van der Waals surface area contributed by atoms with E-state index in [1.165, 1.54) is 10.4 Å². The molecule has 1 saturated carbocycles. The van der Waals surface area contributed by atoms with Crippen molar-refractivity contribution in [2.24, 2.45) is 0 Å². The second-order valence-electron chi connectivity index (χ2n) is 8.72. The Hall–Kier alpha value is -1.50. The van der Waals surface area contributed by atoms with Crippen LogP contribution < -0.4 is 10.4 Å². The Balaban J connectivity index is 1.73. The van der Waals surface area contributed by atoms with Crippen LogP contribution in [0.15, 0.2) is 60.7 Å². The Bertz CT molecular complexity index is 706. The first-order chi connectivity index (χ1) is 13.5. The zero-order valence-corrected chi connectivity index (χ0v) is 18.0. The Morgan fingerprint density at radius 3 is 1.68 bits per heavy atom. The highest BCUT2D eigenvalue weighted by molar-refractivity contribution is 6.99. The Morgan fingerprint density at radius 1 is 0.786 bits per heavy atom. The first-order valence-corrected chi connectivity index (χ1v) is 12.0. The van der Waals surface area contributed by atoms with Gasteiger partial charge in [-0.3, -0.25) is 0 Å². The van der Waals surface area contributed by atoms with Crippen molar-refractivity contribution in [2.45, 2.75) is 57.0 Å². The predicted octanol–water partition coefficient (Wildman–Crippen LogP) is 3.44. The Labute approximate surface area is 168 Å². The molecule has 2 atom stereocenters. The molecule has 1 aliphatic heterocycles. The van der Waals surface area contributed by atoms with Crippen molar-refractivity contribution in [3.63, 3.8) is 0 Å². The van der Waals surface area contributed by atoms with Crippen LogP contribution in [0.4, 0.5) is 0 Å². The molecule has 0 aromatic heterocycles. The molecular weight excluding hydrogens is 368 g/mol. The summed E-state index contributed by atoms with van der Waals surface area (Å²) in [5, 5.41) is 2.60. The average Bonchev–Trinajstić information content (AvgIpc) is 2.95. The molecule has 150 valence electrons. The summed E-state index contributed by atoms with van der Waals surface area (Å²) in [6.07, 6.45) is 1.90. The van der Waals surface area contributed by atoms with E-state index in [2.05, 4.69) is 81.4 Å². The molecule has 0 radical (unpaired) electrons. The van der Waals surface area contributed by atoms with E-state index in [0.717, 1.165) is 12.8 Å². The highest BCUT2D eigenvalue weighted by atomic mass is 28.4. The minimum absolute atomic E-state index is 0.0226. The lowest BCUT2D eigenvalue weighted by atomic mass is 10.2. The highest BCUT2D eigenvalue weighted by Gasteiger charge is 2.53. The van der Waals surface area contributed by atoms with Crippen molar-refractivity contribution in [3.8, 4) is 0 Å². The van der Waals surface area contributed by atoms with E-state index in [1.54, 1.807) is 0 Å². The fourth-order valence-electron chi connectivity index (χ4n) is 4.61. The van der Waals surface area contributed by atoms with Gasteiger partial charge in [0.25, 0.3) is 8.32 Å². The molecule has 4 rings (SSSR count). The van der Waals surface area contributed by atoms with Crippen LogP contribution in [0, 0.1) is 0 Å². The van der Waals surface area contributed by atoms with Gasteiger partial charge in [0.15, 0.2) is 0 Å². The molecule has 28 heavy (non-hydrogen) atoms. The summed E-state index contributed by atoms with van der Waals surface area (Å²) in [7, 11) is -2.53. The summed E-state index contributed by atoms with van der Waals surface area (Å²) in [4.78, 5) is 0. The van der Waals surface area contributed by atoms with Crippen LogP contribution >= 0.6 is 0 Å². The van der Waals surface area contributed by atoms with Gasteiger partial charge in [-0.25, -0.2) is 0 Å². The Kier molecular flexibility index (Phi) is 5.72. The van der Waals surface area contributed by atoms with E-state index in [0.29, 0.717) is 13.6 Å². The van der Waals surface area contributed by atoms with E-state index >= 15 is 0 Å². The lowest BCUT2D eigenvalue weighted by Gasteiger charge is -2.44. The first kappa shape index (κ1) is 19.8. The second-order valence-corrected chi connectivity index (χ2v) is 13.0. The largest absolute Gasteiger partial charge is 0.404 e. The van der Waals surface area contributed by atoms with Crippen molar-refractivity contribution in [3.05, 3.63) is 60.7 Å². The van der Waals surface area contributed by atoms with Gasteiger partial charge in [0.1, 0.15) is 13.6 Å². The standard InChI is InChI=1S/C23H30O4Si/c1-23(2,3)28(19-10-6-4-7-11-19,20-12-8-5-9-13-20)27-18-14-21-22(15-18)26-17-24-16-25-21/h4-13,18,21-22H,14-17H2,1-3H3. The lowest BCUT2D eigenvalue weighted by molar-refractivity contribution is -0.0955. The van der Waals surface area contributed by atoms with Crippen LogP contribution in [0.5, 0.6) is 0 Å². The SMILES string of the molecule is CC(C)(C)[Si](OC1CC2OCOCOC2C1)(c1ccccc1)c1ccccc1. The maximum absolute atomic E-state index is 7.21. The minimum Gasteiger partial charge on any atom is -0.404 e. The van der Waals surface area contributed by atoms with Crippen LogP contribution in [0.2, 0.25) is 5.04 Å². The van der Waals surface area contributed by atoms with Gasteiger partial charge in [0.05, 0.1) is 18.3 Å². The van der Waals surface area contributed by atoms with Crippen LogP contribution in [-0.2, 0) is 18.6 Å². The summed E-state index contributed by atoms with van der Waals surface area (Å²) in [6.45, 7) is 7.54. The molecule has 0 bridgehead atoms. The van der Waals surface area contributed by atoms with Gasteiger partial charge in [-0.2, -0.15) is 0 Å². The van der Waals surface area contributed by atoms with Crippen LogP contribution in [0.25, 0.3) is 0 Å². The normalized spacial score (nSPS) is 25.9. The Morgan fingerprint density at radius 2 is 1.25 bits per heavy atom. The predicted molar refractivity (Wildman–Crippen MR) is 112 cm³/mol. The lowest BCUT2D eigenvalue weighted by Crippen LogP contribution is -2.67. The minimum atomic E-state index is -2.53. The highest BCUT2D eigenvalue weighted by Crippen LogP contribution is 2.40. The van der Waals surface area contributed by atoms with E-state index in [-0.39, 0.29) is 23.4 Å². The van der Waals surface area contributed by atoms with Crippen molar-refractivity contribution in [1.82, 2.24) is 0 Å². The summed E-state index contributed by atoms with van der Waals surface area (Å²) < 4.78 is 24.2. The molecule has 2 aliphatic rings. The maximum atomic E-state index is 7.21. The van der Waals surface area contributed by atoms with E-state index < -0.39 is 8.32 Å². The third-order valence-corrected chi connectivity index (χ3v) is 11.0. The van der Waals surface area contributed by atoms with E-state index in [4.69, 9.17) is 18.6 Å². The van der Waals surface area contributed by atoms with Gasteiger partial charge in [-0.15, -0.1) is 0 Å². The van der Waals surface area contributed by atoms with Crippen molar-refractivity contribution in [2.75, 3.05) is 13.6 Å². The third kappa shape index (κ3) is 3.70. The fraction of sp³-hybridized carbons (Fsp3) is 0.478. The maximum Gasteiger partial charge on any atom is 0.261 e. The van der Waals surface area contributed by atoms with Gasteiger partial charge < -0.3 is 18.6 Å². The summed E-state index contributed by atoms with van der Waals surface area (Å²) in [5.41, 5.74) is 0. The van der Waals surface area contributed by atoms with Gasteiger partial charge in [0.2, 0.25) is 0 Å². The first-order valence-electron chi connectivity index (χ1n) is 10.1. The van der Waals surface area contributed by atoms with Crippen LogP contribution in [0.1, 0.15) is 33.6 Å².